The molecule has 1 aromatic rings. The Labute approximate surface area is 115 Å². The number of anilines is 1. The quantitative estimate of drug-likeness (QED) is 0.792. The summed E-state index contributed by atoms with van der Waals surface area (Å²) in [6.07, 6.45) is 1.87. The minimum absolute atomic E-state index is 0.0111. The Balaban J connectivity index is 2.04. The van der Waals surface area contributed by atoms with E-state index in [1.165, 1.54) is 0 Å². The molecule has 104 valence electrons. The predicted molar refractivity (Wildman–Crippen MR) is 78.5 cm³/mol. The van der Waals surface area contributed by atoms with Crippen LogP contribution in [0.1, 0.15) is 24.3 Å². The number of nitrogens with zero attached hydrogens (tertiary/aromatic N) is 1. The van der Waals surface area contributed by atoms with Gasteiger partial charge in [-0.05, 0) is 38.1 Å². The second-order valence-electron chi connectivity index (χ2n) is 5.07. The zero-order valence-corrected chi connectivity index (χ0v) is 11.8. The van der Waals surface area contributed by atoms with Crippen molar-refractivity contribution in [1.82, 2.24) is 10.2 Å². The number of amides is 1. The van der Waals surface area contributed by atoms with E-state index in [0.717, 1.165) is 43.7 Å². The highest BCUT2D eigenvalue weighted by atomic mass is 16.2. The molecule has 0 aliphatic carbocycles. The molecule has 1 amide bonds. The van der Waals surface area contributed by atoms with E-state index in [1.54, 1.807) is 0 Å². The van der Waals surface area contributed by atoms with Gasteiger partial charge < -0.3 is 15.5 Å². The molecule has 4 nitrogen and oxygen atoms in total. The predicted octanol–water partition coefficient (Wildman–Crippen LogP) is 1.65. The van der Waals surface area contributed by atoms with Crippen molar-refractivity contribution in [2.24, 2.45) is 0 Å². The second kappa shape index (κ2) is 6.57. The van der Waals surface area contributed by atoms with Gasteiger partial charge in [0.2, 0.25) is 5.91 Å². The number of hydrogen-bond acceptors (Lipinski definition) is 3. The maximum Gasteiger partial charge on any atom is 0.230 e. The van der Waals surface area contributed by atoms with Crippen molar-refractivity contribution in [3.63, 3.8) is 0 Å². The third-order valence-corrected chi connectivity index (χ3v) is 3.68. The SMILES string of the molecule is CNCCCN(C)C(=O)C1CCNc2ccccc21. The highest BCUT2D eigenvalue weighted by molar-refractivity contribution is 5.86. The Morgan fingerprint density at radius 2 is 2.26 bits per heavy atom. The molecule has 1 aliphatic rings. The number of rotatable bonds is 5. The minimum Gasteiger partial charge on any atom is -0.385 e. The first-order valence-electron chi connectivity index (χ1n) is 6.96. The molecule has 0 saturated heterocycles. The Kier molecular flexibility index (Phi) is 4.80. The van der Waals surface area contributed by atoms with Crippen LogP contribution in [0.25, 0.3) is 0 Å². The first-order valence-corrected chi connectivity index (χ1v) is 6.96. The number of fused-ring (bicyclic) bond motifs is 1. The summed E-state index contributed by atoms with van der Waals surface area (Å²) in [4.78, 5) is 14.4. The van der Waals surface area contributed by atoms with Gasteiger partial charge in [0.1, 0.15) is 0 Å². The van der Waals surface area contributed by atoms with Gasteiger partial charge in [-0.2, -0.15) is 0 Å². The van der Waals surface area contributed by atoms with Gasteiger partial charge in [0.05, 0.1) is 5.92 Å². The molecule has 19 heavy (non-hydrogen) atoms. The molecular formula is C15H23N3O. The summed E-state index contributed by atoms with van der Waals surface area (Å²) in [6, 6.07) is 8.13. The van der Waals surface area contributed by atoms with E-state index >= 15 is 0 Å². The lowest BCUT2D eigenvalue weighted by molar-refractivity contribution is -0.131. The van der Waals surface area contributed by atoms with E-state index in [4.69, 9.17) is 0 Å². The van der Waals surface area contributed by atoms with Gasteiger partial charge in [-0.25, -0.2) is 0 Å². The summed E-state index contributed by atoms with van der Waals surface area (Å²) in [5, 5.41) is 6.47. The highest BCUT2D eigenvalue weighted by Gasteiger charge is 2.28. The van der Waals surface area contributed by atoms with Crippen LogP contribution in [0.2, 0.25) is 0 Å². The minimum atomic E-state index is 0.0111. The van der Waals surface area contributed by atoms with Gasteiger partial charge in [-0.3, -0.25) is 4.79 Å². The van der Waals surface area contributed by atoms with Crippen molar-refractivity contribution >= 4 is 11.6 Å². The fourth-order valence-corrected chi connectivity index (χ4v) is 2.59. The Morgan fingerprint density at radius 1 is 1.47 bits per heavy atom. The van der Waals surface area contributed by atoms with Crippen LogP contribution in [0.4, 0.5) is 5.69 Å². The van der Waals surface area contributed by atoms with Crippen LogP contribution in [0.3, 0.4) is 0 Å². The summed E-state index contributed by atoms with van der Waals surface area (Å²) in [6.45, 7) is 2.63. The monoisotopic (exact) mass is 261 g/mol. The smallest absolute Gasteiger partial charge is 0.230 e. The molecule has 0 aromatic heterocycles. The van der Waals surface area contributed by atoms with Gasteiger partial charge in [0.15, 0.2) is 0 Å². The van der Waals surface area contributed by atoms with Crippen molar-refractivity contribution in [2.45, 2.75) is 18.8 Å². The molecule has 1 unspecified atom stereocenters. The maximum atomic E-state index is 12.5. The molecule has 0 bridgehead atoms. The van der Waals surface area contributed by atoms with Gasteiger partial charge in [0, 0.05) is 25.8 Å². The van der Waals surface area contributed by atoms with E-state index in [1.807, 2.05) is 31.1 Å². The van der Waals surface area contributed by atoms with Crippen LogP contribution in [0.15, 0.2) is 24.3 Å². The van der Waals surface area contributed by atoms with Crippen molar-refractivity contribution in [3.8, 4) is 0 Å². The van der Waals surface area contributed by atoms with Crippen molar-refractivity contribution < 1.29 is 4.79 Å². The number of carbonyl (C=O) groups is 1. The zero-order valence-electron chi connectivity index (χ0n) is 11.8. The van der Waals surface area contributed by atoms with Crippen molar-refractivity contribution in [2.75, 3.05) is 39.0 Å². The number of nitrogens with one attached hydrogen (secondary N) is 2. The van der Waals surface area contributed by atoms with E-state index in [-0.39, 0.29) is 11.8 Å². The largest absolute Gasteiger partial charge is 0.385 e. The fraction of sp³-hybridized carbons (Fsp3) is 0.533. The van der Waals surface area contributed by atoms with Crippen molar-refractivity contribution in [1.29, 1.82) is 0 Å². The molecule has 1 atom stereocenters. The van der Waals surface area contributed by atoms with Crippen LogP contribution in [0, 0.1) is 0 Å². The van der Waals surface area contributed by atoms with Crippen LogP contribution in [-0.2, 0) is 4.79 Å². The molecule has 2 N–H and O–H groups in total. The molecule has 1 aromatic carbocycles. The lowest BCUT2D eigenvalue weighted by Gasteiger charge is -2.29. The normalized spacial score (nSPS) is 17.5. The summed E-state index contributed by atoms with van der Waals surface area (Å²) in [5.74, 6) is 0.252. The zero-order chi connectivity index (χ0) is 13.7. The number of benzene rings is 1. The molecule has 1 aliphatic heterocycles. The molecular weight excluding hydrogens is 238 g/mol. The van der Waals surface area contributed by atoms with E-state index in [0.29, 0.717) is 0 Å². The third-order valence-electron chi connectivity index (χ3n) is 3.68. The van der Waals surface area contributed by atoms with Crippen LogP contribution >= 0.6 is 0 Å². The molecule has 0 saturated carbocycles. The van der Waals surface area contributed by atoms with Gasteiger partial charge in [-0.1, -0.05) is 18.2 Å². The van der Waals surface area contributed by atoms with Gasteiger partial charge >= 0.3 is 0 Å². The standard InChI is InChI=1S/C15H23N3O/c1-16-9-5-11-18(2)15(19)13-8-10-17-14-7-4-3-6-12(13)14/h3-4,6-7,13,16-17H,5,8-11H2,1-2H3. The average molecular weight is 261 g/mol. The molecule has 1 heterocycles. The highest BCUT2D eigenvalue weighted by Crippen LogP contribution is 2.32. The summed E-state index contributed by atoms with van der Waals surface area (Å²) in [5.41, 5.74) is 2.25. The third kappa shape index (κ3) is 3.26. The van der Waals surface area contributed by atoms with Crippen molar-refractivity contribution in [3.05, 3.63) is 29.8 Å². The fourth-order valence-electron chi connectivity index (χ4n) is 2.59. The Morgan fingerprint density at radius 3 is 3.05 bits per heavy atom. The number of likely N-dealkylation sites (N-methyl/N-ethyl adjacent to an activating group) is 1. The van der Waals surface area contributed by atoms with Gasteiger partial charge in [0.25, 0.3) is 0 Å². The van der Waals surface area contributed by atoms with E-state index < -0.39 is 0 Å². The summed E-state index contributed by atoms with van der Waals surface area (Å²) < 4.78 is 0. The van der Waals surface area contributed by atoms with E-state index in [2.05, 4.69) is 22.8 Å². The molecule has 0 fully saturated rings. The molecule has 0 spiro atoms. The molecule has 2 rings (SSSR count). The lowest BCUT2D eigenvalue weighted by Crippen LogP contribution is -2.36. The molecule has 0 radical (unpaired) electrons. The maximum absolute atomic E-state index is 12.5. The van der Waals surface area contributed by atoms with E-state index in [9.17, 15) is 4.79 Å². The van der Waals surface area contributed by atoms with Crippen LogP contribution in [0.5, 0.6) is 0 Å². The number of para-hydroxylation sites is 1. The first-order chi connectivity index (χ1) is 9.24. The first kappa shape index (κ1) is 13.9. The Bertz CT molecular complexity index is 433. The topological polar surface area (TPSA) is 44.4 Å². The Hall–Kier alpha value is -1.55. The molecule has 4 heteroatoms. The summed E-state index contributed by atoms with van der Waals surface area (Å²) in [7, 11) is 3.84. The lowest BCUT2D eigenvalue weighted by atomic mass is 9.90. The van der Waals surface area contributed by atoms with Crippen LogP contribution < -0.4 is 10.6 Å². The number of hydrogen-bond donors (Lipinski definition) is 2. The van der Waals surface area contributed by atoms with Gasteiger partial charge in [-0.15, -0.1) is 0 Å². The summed E-state index contributed by atoms with van der Waals surface area (Å²) >= 11 is 0. The second-order valence-corrected chi connectivity index (χ2v) is 5.07. The van der Waals surface area contributed by atoms with Crippen LogP contribution in [-0.4, -0.2) is 44.5 Å². The number of carbonyl (C=O) groups excluding carboxylic acids is 1. The average Bonchev–Trinajstić information content (AvgIpc) is 2.46.